The first kappa shape index (κ1) is 13.2. The molecule has 2 N–H and O–H groups in total. The second-order valence-electron chi connectivity index (χ2n) is 5.20. The van der Waals surface area contributed by atoms with Crippen LogP contribution in [0.1, 0.15) is 37.8 Å². The fraction of sp³-hybridized carbons (Fsp3) is 0.571. The third kappa shape index (κ3) is 3.32. The van der Waals surface area contributed by atoms with Crippen LogP contribution in [0, 0.1) is 5.41 Å². The van der Waals surface area contributed by atoms with Crippen molar-refractivity contribution in [2.75, 3.05) is 13.2 Å². The molecule has 0 saturated heterocycles. The summed E-state index contributed by atoms with van der Waals surface area (Å²) < 4.78 is 0. The summed E-state index contributed by atoms with van der Waals surface area (Å²) in [6.45, 7) is 6.25. The van der Waals surface area contributed by atoms with Gasteiger partial charge in [0.15, 0.2) is 0 Å². The Balaban J connectivity index is 2.75. The highest BCUT2D eigenvalue weighted by atomic mass is 16.3. The van der Waals surface area contributed by atoms with Gasteiger partial charge in [0.05, 0.1) is 13.2 Å². The van der Waals surface area contributed by atoms with Crippen molar-refractivity contribution in [3.63, 3.8) is 0 Å². The van der Waals surface area contributed by atoms with E-state index in [0.717, 1.165) is 5.56 Å². The molecule has 0 radical (unpaired) electrons. The maximum Gasteiger partial charge on any atom is 0.0509 e. The van der Waals surface area contributed by atoms with Crippen LogP contribution in [0.25, 0.3) is 0 Å². The highest BCUT2D eigenvalue weighted by molar-refractivity contribution is 5.25. The van der Waals surface area contributed by atoms with Crippen LogP contribution in [0.3, 0.4) is 0 Å². The van der Waals surface area contributed by atoms with E-state index in [0.29, 0.717) is 12.3 Å². The van der Waals surface area contributed by atoms with Crippen LogP contribution in [0.2, 0.25) is 0 Å². The van der Waals surface area contributed by atoms with Gasteiger partial charge in [0.1, 0.15) is 0 Å². The molecule has 1 aromatic carbocycles. The van der Waals surface area contributed by atoms with Gasteiger partial charge in [-0.15, -0.1) is 0 Å². The van der Waals surface area contributed by atoms with E-state index in [1.807, 2.05) is 6.92 Å². The minimum Gasteiger partial charge on any atom is -0.396 e. The van der Waals surface area contributed by atoms with Crippen LogP contribution in [0.15, 0.2) is 24.3 Å². The number of aliphatic hydroxyl groups is 2. The fourth-order valence-corrected chi connectivity index (χ4v) is 1.67. The van der Waals surface area contributed by atoms with Crippen molar-refractivity contribution in [1.29, 1.82) is 0 Å². The van der Waals surface area contributed by atoms with E-state index >= 15 is 0 Å². The first-order chi connectivity index (χ1) is 7.50. The van der Waals surface area contributed by atoms with E-state index in [1.165, 1.54) is 5.56 Å². The predicted octanol–water partition coefficient (Wildman–Crippen LogP) is 2.34. The Kier molecular flexibility index (Phi) is 4.51. The van der Waals surface area contributed by atoms with Crippen molar-refractivity contribution in [1.82, 2.24) is 0 Å². The van der Waals surface area contributed by atoms with E-state index in [9.17, 15) is 10.2 Å². The Hall–Kier alpha value is -0.860. The smallest absolute Gasteiger partial charge is 0.0509 e. The van der Waals surface area contributed by atoms with E-state index in [-0.39, 0.29) is 13.2 Å². The Morgan fingerprint density at radius 1 is 1.06 bits per heavy atom. The van der Waals surface area contributed by atoms with Crippen LogP contribution >= 0.6 is 0 Å². The zero-order chi connectivity index (χ0) is 12.2. The van der Waals surface area contributed by atoms with Gasteiger partial charge in [0, 0.05) is 5.41 Å². The SMILES string of the molecule is CC(C)c1ccc(CC(C)(CO)CO)cc1. The zero-order valence-corrected chi connectivity index (χ0v) is 10.4. The second kappa shape index (κ2) is 5.46. The van der Waals surface area contributed by atoms with Gasteiger partial charge >= 0.3 is 0 Å². The Labute approximate surface area is 97.9 Å². The third-order valence-corrected chi connectivity index (χ3v) is 3.04. The van der Waals surface area contributed by atoms with Crippen molar-refractivity contribution < 1.29 is 10.2 Å². The van der Waals surface area contributed by atoms with Gasteiger partial charge < -0.3 is 10.2 Å². The zero-order valence-electron chi connectivity index (χ0n) is 10.4. The lowest BCUT2D eigenvalue weighted by molar-refractivity contribution is 0.0704. The number of hydrogen-bond donors (Lipinski definition) is 2. The summed E-state index contributed by atoms with van der Waals surface area (Å²) in [4.78, 5) is 0. The molecule has 0 atom stereocenters. The lowest BCUT2D eigenvalue weighted by Gasteiger charge is -2.24. The summed E-state index contributed by atoms with van der Waals surface area (Å²) in [6, 6.07) is 8.40. The van der Waals surface area contributed by atoms with Crippen LogP contribution in [0.5, 0.6) is 0 Å². The van der Waals surface area contributed by atoms with E-state index in [2.05, 4.69) is 38.1 Å². The van der Waals surface area contributed by atoms with Crippen LogP contribution in [0.4, 0.5) is 0 Å². The summed E-state index contributed by atoms with van der Waals surface area (Å²) in [5.74, 6) is 0.538. The lowest BCUT2D eigenvalue weighted by Crippen LogP contribution is -2.28. The largest absolute Gasteiger partial charge is 0.396 e. The van der Waals surface area contributed by atoms with Crippen molar-refractivity contribution in [2.24, 2.45) is 5.41 Å². The highest BCUT2D eigenvalue weighted by Crippen LogP contribution is 2.22. The summed E-state index contributed by atoms with van der Waals surface area (Å²) in [6.07, 6.45) is 0.707. The summed E-state index contributed by atoms with van der Waals surface area (Å²) in [5, 5.41) is 18.5. The molecule has 0 aliphatic heterocycles. The van der Waals surface area contributed by atoms with Crippen LogP contribution in [-0.4, -0.2) is 23.4 Å². The van der Waals surface area contributed by atoms with Gasteiger partial charge in [-0.05, 0) is 23.5 Å². The molecule has 1 rings (SSSR count). The molecule has 0 aliphatic carbocycles. The molecular formula is C14H22O2. The van der Waals surface area contributed by atoms with Crippen molar-refractivity contribution in [3.05, 3.63) is 35.4 Å². The normalized spacial score (nSPS) is 12.1. The molecule has 1 aromatic rings. The minimum atomic E-state index is -0.417. The van der Waals surface area contributed by atoms with E-state index in [4.69, 9.17) is 0 Å². The third-order valence-electron chi connectivity index (χ3n) is 3.04. The molecular weight excluding hydrogens is 200 g/mol. The lowest BCUT2D eigenvalue weighted by atomic mass is 9.85. The van der Waals surface area contributed by atoms with Gasteiger partial charge in [0.25, 0.3) is 0 Å². The van der Waals surface area contributed by atoms with Gasteiger partial charge in [0.2, 0.25) is 0 Å². The standard InChI is InChI=1S/C14H22O2/c1-11(2)13-6-4-12(5-7-13)8-14(3,9-15)10-16/h4-7,11,15-16H,8-10H2,1-3H3. The molecule has 0 spiro atoms. The number of benzene rings is 1. The second-order valence-corrected chi connectivity index (χ2v) is 5.20. The molecule has 0 saturated carbocycles. The van der Waals surface area contributed by atoms with Crippen molar-refractivity contribution in [3.8, 4) is 0 Å². The number of aliphatic hydroxyl groups excluding tert-OH is 2. The Morgan fingerprint density at radius 2 is 1.56 bits per heavy atom. The molecule has 0 aliphatic rings. The van der Waals surface area contributed by atoms with Crippen molar-refractivity contribution >= 4 is 0 Å². The molecule has 16 heavy (non-hydrogen) atoms. The molecule has 0 heterocycles. The maximum atomic E-state index is 9.23. The summed E-state index contributed by atoms with van der Waals surface area (Å²) >= 11 is 0. The molecule has 90 valence electrons. The maximum absolute atomic E-state index is 9.23. The Morgan fingerprint density at radius 3 is 1.94 bits per heavy atom. The highest BCUT2D eigenvalue weighted by Gasteiger charge is 2.22. The molecule has 2 nitrogen and oxygen atoms in total. The van der Waals surface area contributed by atoms with Crippen LogP contribution < -0.4 is 0 Å². The summed E-state index contributed by atoms with van der Waals surface area (Å²) in [5.41, 5.74) is 2.06. The van der Waals surface area contributed by atoms with Gasteiger partial charge in [-0.1, -0.05) is 45.0 Å². The minimum absolute atomic E-state index is 0.00936. The molecule has 0 bridgehead atoms. The molecule has 0 fully saturated rings. The number of rotatable bonds is 5. The topological polar surface area (TPSA) is 40.5 Å². The Bertz CT molecular complexity index is 310. The molecule has 2 heteroatoms. The molecule has 0 unspecified atom stereocenters. The summed E-state index contributed by atoms with van der Waals surface area (Å²) in [7, 11) is 0. The van der Waals surface area contributed by atoms with Gasteiger partial charge in [-0.2, -0.15) is 0 Å². The average Bonchev–Trinajstić information content (AvgIpc) is 2.29. The fourth-order valence-electron chi connectivity index (χ4n) is 1.67. The van der Waals surface area contributed by atoms with Gasteiger partial charge in [-0.25, -0.2) is 0 Å². The van der Waals surface area contributed by atoms with Gasteiger partial charge in [-0.3, -0.25) is 0 Å². The predicted molar refractivity (Wildman–Crippen MR) is 66.5 cm³/mol. The van der Waals surface area contributed by atoms with Crippen molar-refractivity contribution in [2.45, 2.75) is 33.1 Å². The van der Waals surface area contributed by atoms with Crippen LogP contribution in [-0.2, 0) is 6.42 Å². The first-order valence-corrected chi connectivity index (χ1v) is 5.81. The van der Waals surface area contributed by atoms with E-state index < -0.39 is 5.41 Å². The average molecular weight is 222 g/mol. The quantitative estimate of drug-likeness (QED) is 0.803. The molecule has 0 aromatic heterocycles. The monoisotopic (exact) mass is 222 g/mol. The first-order valence-electron chi connectivity index (χ1n) is 5.81. The molecule has 0 amide bonds. The van der Waals surface area contributed by atoms with E-state index in [1.54, 1.807) is 0 Å². The number of hydrogen-bond acceptors (Lipinski definition) is 2.